The SMILES string of the molecule is CN(C)C(=O)c1ccc2c(c1)NC(=O)C1(CCN(C(=O)OC(C)(C)C)C1)C2. The minimum atomic E-state index is -0.642. The zero-order valence-electron chi connectivity index (χ0n) is 16.6. The first-order chi connectivity index (χ1) is 12.5. The number of hydrogen-bond donors (Lipinski definition) is 1. The lowest BCUT2D eigenvalue weighted by atomic mass is 9.77. The largest absolute Gasteiger partial charge is 0.444 e. The Morgan fingerprint density at radius 1 is 1.26 bits per heavy atom. The number of nitrogens with one attached hydrogen (secondary N) is 1. The quantitative estimate of drug-likeness (QED) is 0.820. The molecule has 1 spiro atoms. The molecule has 0 aromatic heterocycles. The highest BCUT2D eigenvalue weighted by atomic mass is 16.6. The lowest BCUT2D eigenvalue weighted by Gasteiger charge is -2.34. The number of likely N-dealkylation sites (tertiary alicyclic amines) is 1. The van der Waals surface area contributed by atoms with Crippen LogP contribution in [-0.4, -0.2) is 60.5 Å². The van der Waals surface area contributed by atoms with Crippen molar-refractivity contribution >= 4 is 23.6 Å². The summed E-state index contributed by atoms with van der Waals surface area (Å²) in [6, 6.07) is 5.40. The van der Waals surface area contributed by atoms with E-state index in [2.05, 4.69) is 5.32 Å². The minimum absolute atomic E-state index is 0.101. The molecule has 3 rings (SSSR count). The van der Waals surface area contributed by atoms with Crippen LogP contribution in [0.15, 0.2) is 18.2 Å². The molecule has 0 bridgehead atoms. The lowest BCUT2D eigenvalue weighted by molar-refractivity contribution is -0.125. The summed E-state index contributed by atoms with van der Waals surface area (Å²) in [7, 11) is 3.39. The molecule has 1 aromatic rings. The molecule has 2 aliphatic rings. The van der Waals surface area contributed by atoms with Gasteiger partial charge in [-0.25, -0.2) is 4.79 Å². The van der Waals surface area contributed by atoms with Crippen LogP contribution in [0.5, 0.6) is 0 Å². The molecule has 2 heterocycles. The molecule has 0 saturated carbocycles. The molecule has 1 N–H and O–H groups in total. The summed E-state index contributed by atoms with van der Waals surface area (Å²) < 4.78 is 5.44. The molecule has 1 atom stereocenters. The standard InChI is InChI=1S/C20H27N3O4/c1-19(2,3)27-18(26)23-9-8-20(12-23)11-14-7-6-13(16(24)22(4)5)10-15(14)21-17(20)25/h6-7,10H,8-9,11-12H2,1-5H3,(H,21,25). The van der Waals surface area contributed by atoms with Crippen LogP contribution in [0, 0.1) is 5.41 Å². The highest BCUT2D eigenvalue weighted by molar-refractivity contribution is 6.01. The fourth-order valence-electron chi connectivity index (χ4n) is 3.62. The average Bonchev–Trinajstić information content (AvgIpc) is 2.98. The van der Waals surface area contributed by atoms with Crippen molar-refractivity contribution in [1.29, 1.82) is 0 Å². The minimum Gasteiger partial charge on any atom is -0.444 e. The molecule has 1 fully saturated rings. The van der Waals surface area contributed by atoms with Gasteiger partial charge >= 0.3 is 6.09 Å². The van der Waals surface area contributed by atoms with Crippen molar-refractivity contribution in [3.8, 4) is 0 Å². The van der Waals surface area contributed by atoms with Gasteiger partial charge < -0.3 is 19.9 Å². The Morgan fingerprint density at radius 3 is 2.59 bits per heavy atom. The number of fused-ring (bicyclic) bond motifs is 1. The van der Waals surface area contributed by atoms with E-state index in [0.717, 1.165) is 5.56 Å². The number of carbonyl (C=O) groups excluding carboxylic acids is 3. The topological polar surface area (TPSA) is 79.0 Å². The third-order valence-electron chi connectivity index (χ3n) is 5.03. The van der Waals surface area contributed by atoms with Gasteiger partial charge in [0.25, 0.3) is 5.91 Å². The molecule has 0 aliphatic carbocycles. The van der Waals surface area contributed by atoms with Crippen LogP contribution < -0.4 is 5.32 Å². The summed E-state index contributed by atoms with van der Waals surface area (Å²) in [6.07, 6.45) is 0.754. The van der Waals surface area contributed by atoms with Gasteiger partial charge in [0.2, 0.25) is 5.91 Å². The molecular weight excluding hydrogens is 346 g/mol. The highest BCUT2D eigenvalue weighted by Gasteiger charge is 2.49. The van der Waals surface area contributed by atoms with Crippen LogP contribution in [0.4, 0.5) is 10.5 Å². The molecule has 0 radical (unpaired) electrons. The van der Waals surface area contributed by atoms with Gasteiger partial charge in [0, 0.05) is 38.4 Å². The van der Waals surface area contributed by atoms with Crippen molar-refractivity contribution in [3.05, 3.63) is 29.3 Å². The normalized spacial score (nSPS) is 21.7. The molecule has 146 valence electrons. The smallest absolute Gasteiger partial charge is 0.410 e. The van der Waals surface area contributed by atoms with Gasteiger partial charge in [-0.15, -0.1) is 0 Å². The van der Waals surface area contributed by atoms with Crippen LogP contribution >= 0.6 is 0 Å². The van der Waals surface area contributed by atoms with Gasteiger partial charge in [0.1, 0.15) is 5.60 Å². The zero-order chi connectivity index (χ0) is 20.0. The van der Waals surface area contributed by atoms with Crippen LogP contribution in [0.2, 0.25) is 0 Å². The third-order valence-corrected chi connectivity index (χ3v) is 5.03. The summed E-state index contributed by atoms with van der Waals surface area (Å²) >= 11 is 0. The second-order valence-electron chi connectivity index (χ2n) is 8.63. The molecular formula is C20H27N3O4. The van der Waals surface area contributed by atoms with Crippen molar-refractivity contribution < 1.29 is 19.1 Å². The zero-order valence-corrected chi connectivity index (χ0v) is 16.6. The molecule has 3 amide bonds. The van der Waals surface area contributed by atoms with Crippen molar-refractivity contribution in [1.82, 2.24) is 9.80 Å². The number of anilines is 1. The van der Waals surface area contributed by atoms with E-state index in [-0.39, 0.29) is 17.9 Å². The van der Waals surface area contributed by atoms with Crippen LogP contribution in [0.25, 0.3) is 0 Å². The molecule has 1 saturated heterocycles. The fourth-order valence-corrected chi connectivity index (χ4v) is 3.62. The van der Waals surface area contributed by atoms with E-state index >= 15 is 0 Å². The summed E-state index contributed by atoms with van der Waals surface area (Å²) in [5.74, 6) is -0.209. The molecule has 7 nitrogen and oxygen atoms in total. The van der Waals surface area contributed by atoms with E-state index in [1.165, 1.54) is 4.90 Å². The second kappa shape index (κ2) is 6.55. The Kier molecular flexibility index (Phi) is 4.66. The van der Waals surface area contributed by atoms with Gasteiger partial charge in [0.05, 0.1) is 5.41 Å². The van der Waals surface area contributed by atoms with Crippen molar-refractivity contribution in [2.45, 2.75) is 39.2 Å². The lowest BCUT2D eigenvalue weighted by Crippen LogP contribution is -2.45. The number of hydrogen-bond acceptors (Lipinski definition) is 4. The maximum atomic E-state index is 12.9. The van der Waals surface area contributed by atoms with E-state index in [1.807, 2.05) is 26.8 Å². The second-order valence-corrected chi connectivity index (χ2v) is 8.63. The van der Waals surface area contributed by atoms with Gasteiger partial charge in [-0.05, 0) is 51.3 Å². The van der Waals surface area contributed by atoms with Crippen LogP contribution in [0.1, 0.15) is 43.1 Å². The van der Waals surface area contributed by atoms with Crippen molar-refractivity contribution in [2.24, 2.45) is 5.41 Å². The molecule has 1 aromatic carbocycles. The number of rotatable bonds is 1. The van der Waals surface area contributed by atoms with Gasteiger partial charge in [-0.1, -0.05) is 6.07 Å². The maximum absolute atomic E-state index is 12.9. The molecule has 7 heteroatoms. The van der Waals surface area contributed by atoms with Gasteiger partial charge in [-0.2, -0.15) is 0 Å². The number of nitrogens with zero attached hydrogens (tertiary/aromatic N) is 2. The predicted molar refractivity (Wildman–Crippen MR) is 102 cm³/mol. The third kappa shape index (κ3) is 3.77. The summed E-state index contributed by atoms with van der Waals surface area (Å²) in [5.41, 5.74) is 0.988. The Bertz CT molecular complexity index is 797. The van der Waals surface area contributed by atoms with E-state index in [9.17, 15) is 14.4 Å². The van der Waals surface area contributed by atoms with E-state index < -0.39 is 11.0 Å². The number of ether oxygens (including phenoxy) is 1. The first kappa shape index (κ1) is 19.2. The van der Waals surface area contributed by atoms with Crippen LogP contribution in [-0.2, 0) is 16.0 Å². The molecule has 2 aliphatic heterocycles. The Labute approximate surface area is 159 Å². The Morgan fingerprint density at radius 2 is 1.96 bits per heavy atom. The number of carbonyl (C=O) groups is 3. The van der Waals surface area contributed by atoms with Gasteiger partial charge in [0.15, 0.2) is 0 Å². The van der Waals surface area contributed by atoms with Crippen molar-refractivity contribution in [3.63, 3.8) is 0 Å². The average molecular weight is 373 g/mol. The van der Waals surface area contributed by atoms with E-state index in [4.69, 9.17) is 4.74 Å². The monoisotopic (exact) mass is 373 g/mol. The fraction of sp³-hybridized carbons (Fsp3) is 0.550. The number of amides is 3. The maximum Gasteiger partial charge on any atom is 0.410 e. The first-order valence-electron chi connectivity index (χ1n) is 9.15. The highest BCUT2D eigenvalue weighted by Crippen LogP contribution is 2.41. The van der Waals surface area contributed by atoms with E-state index in [1.54, 1.807) is 31.1 Å². The van der Waals surface area contributed by atoms with Gasteiger partial charge in [-0.3, -0.25) is 9.59 Å². The van der Waals surface area contributed by atoms with Crippen LogP contribution in [0.3, 0.4) is 0 Å². The Balaban J connectivity index is 1.78. The summed E-state index contributed by atoms with van der Waals surface area (Å²) in [4.78, 5) is 40.5. The Hall–Kier alpha value is -2.57. The first-order valence-corrected chi connectivity index (χ1v) is 9.15. The molecule has 27 heavy (non-hydrogen) atoms. The molecule has 1 unspecified atom stereocenters. The summed E-state index contributed by atoms with van der Waals surface area (Å²) in [5, 5.41) is 2.95. The predicted octanol–water partition coefficient (Wildman–Crippen LogP) is 2.51. The van der Waals surface area contributed by atoms with E-state index in [0.29, 0.717) is 37.2 Å². The number of benzene rings is 1. The van der Waals surface area contributed by atoms with Crippen molar-refractivity contribution in [2.75, 3.05) is 32.5 Å². The summed E-state index contributed by atoms with van der Waals surface area (Å²) in [6.45, 7) is 6.31.